The van der Waals surface area contributed by atoms with Gasteiger partial charge in [-0.15, -0.1) is 0 Å². The van der Waals surface area contributed by atoms with Crippen molar-refractivity contribution in [3.8, 4) is 0 Å². The van der Waals surface area contributed by atoms with Crippen molar-refractivity contribution in [1.29, 1.82) is 0 Å². The van der Waals surface area contributed by atoms with Crippen LogP contribution in [0.3, 0.4) is 0 Å². The monoisotopic (exact) mass is 257 g/mol. The lowest BCUT2D eigenvalue weighted by Gasteiger charge is -2.21. The van der Waals surface area contributed by atoms with Gasteiger partial charge in [0.1, 0.15) is 6.04 Å². The van der Waals surface area contributed by atoms with E-state index in [1.165, 1.54) is 4.90 Å². The van der Waals surface area contributed by atoms with E-state index >= 15 is 0 Å². The fraction of sp³-hybridized carbons (Fsp3) is 0.833. The summed E-state index contributed by atoms with van der Waals surface area (Å²) >= 11 is 0. The van der Waals surface area contributed by atoms with Crippen LogP contribution in [0.5, 0.6) is 0 Å². The van der Waals surface area contributed by atoms with Crippen LogP contribution in [0.25, 0.3) is 0 Å². The van der Waals surface area contributed by atoms with E-state index in [0.29, 0.717) is 12.8 Å². The number of nitrogens with zero attached hydrogens (tertiary/aromatic N) is 1. The van der Waals surface area contributed by atoms with Gasteiger partial charge in [0.05, 0.1) is 12.2 Å². The van der Waals surface area contributed by atoms with E-state index in [0.717, 1.165) is 19.4 Å². The van der Waals surface area contributed by atoms with E-state index in [2.05, 4.69) is 0 Å². The van der Waals surface area contributed by atoms with Crippen LogP contribution < -0.4 is 0 Å². The number of rotatable bonds is 4. The third-order valence-electron chi connectivity index (χ3n) is 3.59. The largest absolute Gasteiger partial charge is 0.480 e. The topological polar surface area (TPSA) is 87.1 Å². The van der Waals surface area contributed by atoms with Crippen LogP contribution in [0.15, 0.2) is 0 Å². The number of hydrogen-bond acceptors (Lipinski definition) is 4. The second-order valence-corrected chi connectivity index (χ2v) is 4.96. The first-order valence-corrected chi connectivity index (χ1v) is 6.40. The Labute approximate surface area is 106 Å². The van der Waals surface area contributed by atoms with Crippen molar-refractivity contribution in [2.75, 3.05) is 13.2 Å². The molecule has 0 aromatic carbocycles. The number of β-amino-alcohol motifs (C(OH)–C–C–N with tert-alkyl or cyclic N) is 1. The number of hydrogen-bond donors (Lipinski definition) is 2. The lowest BCUT2D eigenvalue weighted by Crippen LogP contribution is -2.40. The first-order valence-electron chi connectivity index (χ1n) is 6.40. The first kappa shape index (κ1) is 13.3. The van der Waals surface area contributed by atoms with Gasteiger partial charge in [0.25, 0.3) is 0 Å². The van der Waals surface area contributed by atoms with Gasteiger partial charge >= 0.3 is 5.97 Å². The Morgan fingerprint density at radius 3 is 2.78 bits per heavy atom. The number of aliphatic hydroxyl groups is 1. The number of likely N-dealkylation sites (tertiary alicyclic amines) is 1. The van der Waals surface area contributed by atoms with E-state index in [1.807, 2.05) is 0 Å². The van der Waals surface area contributed by atoms with Crippen molar-refractivity contribution in [2.45, 2.75) is 50.4 Å². The van der Waals surface area contributed by atoms with Gasteiger partial charge in [0, 0.05) is 26.0 Å². The summed E-state index contributed by atoms with van der Waals surface area (Å²) in [7, 11) is 0. The molecule has 0 aromatic rings. The molecular formula is C12H19NO5. The molecule has 0 radical (unpaired) electrons. The smallest absolute Gasteiger partial charge is 0.326 e. The maximum absolute atomic E-state index is 12.0. The molecule has 2 aliphatic rings. The molecule has 18 heavy (non-hydrogen) atoms. The molecule has 2 fully saturated rings. The summed E-state index contributed by atoms with van der Waals surface area (Å²) in [6, 6.07) is -0.878. The third kappa shape index (κ3) is 3.00. The molecule has 2 saturated heterocycles. The molecule has 2 aliphatic heterocycles. The molecule has 0 bridgehead atoms. The molecule has 6 heteroatoms. The van der Waals surface area contributed by atoms with Crippen molar-refractivity contribution in [2.24, 2.45) is 0 Å². The Balaban J connectivity index is 1.85. The summed E-state index contributed by atoms with van der Waals surface area (Å²) in [5, 5.41) is 18.5. The van der Waals surface area contributed by atoms with E-state index in [9.17, 15) is 14.7 Å². The highest BCUT2D eigenvalue weighted by atomic mass is 16.5. The van der Waals surface area contributed by atoms with E-state index in [4.69, 9.17) is 9.84 Å². The third-order valence-corrected chi connectivity index (χ3v) is 3.59. The van der Waals surface area contributed by atoms with Crippen LogP contribution in [0.1, 0.15) is 32.1 Å². The molecule has 2 heterocycles. The Morgan fingerprint density at radius 1 is 1.39 bits per heavy atom. The maximum Gasteiger partial charge on any atom is 0.326 e. The summed E-state index contributed by atoms with van der Waals surface area (Å²) in [6.07, 6.45) is 2.46. The first-order chi connectivity index (χ1) is 8.58. The Hall–Kier alpha value is -1.14. The van der Waals surface area contributed by atoms with Gasteiger partial charge in [0.2, 0.25) is 5.91 Å². The summed E-state index contributed by atoms with van der Waals surface area (Å²) in [4.78, 5) is 24.2. The van der Waals surface area contributed by atoms with Crippen molar-refractivity contribution in [1.82, 2.24) is 4.90 Å². The van der Waals surface area contributed by atoms with Gasteiger partial charge in [-0.3, -0.25) is 4.79 Å². The standard InChI is InChI=1S/C12H19NO5/c14-8-6-10(12(16)17)13(7-8)11(15)4-3-9-2-1-5-18-9/h8-10,14H,1-7H2,(H,16,17)/t8-,9?,10+/m1/s1. The average molecular weight is 257 g/mol. The average Bonchev–Trinajstić information content (AvgIpc) is 2.94. The predicted molar refractivity (Wildman–Crippen MR) is 62.0 cm³/mol. The second-order valence-electron chi connectivity index (χ2n) is 4.96. The van der Waals surface area contributed by atoms with Crippen LogP contribution in [-0.2, 0) is 14.3 Å². The van der Waals surface area contributed by atoms with Crippen molar-refractivity contribution < 1.29 is 24.5 Å². The summed E-state index contributed by atoms with van der Waals surface area (Å²) < 4.78 is 5.42. The number of carbonyl (C=O) groups excluding carboxylic acids is 1. The Morgan fingerprint density at radius 2 is 2.17 bits per heavy atom. The highest BCUT2D eigenvalue weighted by molar-refractivity contribution is 5.84. The minimum absolute atomic E-state index is 0.126. The van der Waals surface area contributed by atoms with Gasteiger partial charge in [-0.1, -0.05) is 0 Å². The lowest BCUT2D eigenvalue weighted by atomic mass is 10.1. The second kappa shape index (κ2) is 5.67. The van der Waals surface area contributed by atoms with E-state index in [-0.39, 0.29) is 25.0 Å². The zero-order valence-corrected chi connectivity index (χ0v) is 10.2. The van der Waals surface area contributed by atoms with Crippen LogP contribution >= 0.6 is 0 Å². The van der Waals surface area contributed by atoms with Gasteiger partial charge < -0.3 is 19.8 Å². The van der Waals surface area contributed by atoms with Crippen LogP contribution in [0.4, 0.5) is 0 Å². The lowest BCUT2D eigenvalue weighted by molar-refractivity contribution is -0.148. The molecule has 0 aromatic heterocycles. The zero-order chi connectivity index (χ0) is 13.1. The highest BCUT2D eigenvalue weighted by Gasteiger charge is 2.38. The molecule has 1 unspecified atom stereocenters. The van der Waals surface area contributed by atoms with Crippen LogP contribution in [0.2, 0.25) is 0 Å². The Kier molecular flexibility index (Phi) is 4.19. The molecule has 102 valence electrons. The summed E-state index contributed by atoms with van der Waals surface area (Å²) in [5.74, 6) is -1.24. The molecule has 6 nitrogen and oxygen atoms in total. The molecular weight excluding hydrogens is 238 g/mol. The molecule has 0 spiro atoms. The van der Waals surface area contributed by atoms with Gasteiger partial charge in [-0.25, -0.2) is 4.79 Å². The van der Waals surface area contributed by atoms with Crippen molar-refractivity contribution in [3.05, 3.63) is 0 Å². The van der Waals surface area contributed by atoms with E-state index in [1.54, 1.807) is 0 Å². The number of amides is 1. The molecule has 0 aliphatic carbocycles. The molecule has 2 N–H and O–H groups in total. The SMILES string of the molecule is O=C(O)[C@@H]1C[C@@H](O)CN1C(=O)CCC1CCCO1. The number of carboxylic acids is 1. The zero-order valence-electron chi connectivity index (χ0n) is 10.2. The van der Waals surface area contributed by atoms with Crippen LogP contribution in [0, 0.1) is 0 Å². The fourth-order valence-corrected chi connectivity index (χ4v) is 2.62. The minimum Gasteiger partial charge on any atom is -0.480 e. The quantitative estimate of drug-likeness (QED) is 0.739. The number of aliphatic hydroxyl groups excluding tert-OH is 1. The molecule has 0 saturated carbocycles. The molecule has 3 atom stereocenters. The van der Waals surface area contributed by atoms with Gasteiger partial charge in [-0.05, 0) is 19.3 Å². The fourth-order valence-electron chi connectivity index (χ4n) is 2.62. The van der Waals surface area contributed by atoms with E-state index < -0.39 is 18.1 Å². The summed E-state index contributed by atoms with van der Waals surface area (Å²) in [6.45, 7) is 0.875. The normalized spacial score (nSPS) is 31.8. The predicted octanol–water partition coefficient (Wildman–Crippen LogP) is -0.00800. The molecule has 2 rings (SSSR count). The number of carbonyl (C=O) groups is 2. The van der Waals surface area contributed by atoms with Crippen LogP contribution in [-0.4, -0.2) is 58.4 Å². The van der Waals surface area contributed by atoms with Gasteiger partial charge in [0.15, 0.2) is 0 Å². The minimum atomic E-state index is -1.04. The molecule has 1 amide bonds. The highest BCUT2D eigenvalue weighted by Crippen LogP contribution is 2.22. The van der Waals surface area contributed by atoms with Crippen molar-refractivity contribution >= 4 is 11.9 Å². The van der Waals surface area contributed by atoms with Gasteiger partial charge in [-0.2, -0.15) is 0 Å². The Bertz CT molecular complexity index is 326. The number of aliphatic carboxylic acids is 1. The number of carboxylic acid groups (broad SMARTS) is 1. The summed E-state index contributed by atoms with van der Waals surface area (Å²) in [5.41, 5.74) is 0. The maximum atomic E-state index is 12.0. The number of ether oxygens (including phenoxy) is 1. The van der Waals surface area contributed by atoms with Crippen molar-refractivity contribution in [3.63, 3.8) is 0 Å².